The molecule has 0 bridgehead atoms. The van der Waals surface area contributed by atoms with Gasteiger partial charge in [-0.2, -0.15) is 5.10 Å². The Labute approximate surface area is 182 Å². The highest BCUT2D eigenvalue weighted by Gasteiger charge is 2.25. The minimum Gasteiger partial charge on any atom is -0.338 e. The maximum atomic E-state index is 12.7. The van der Waals surface area contributed by atoms with Gasteiger partial charge < -0.3 is 10.2 Å². The largest absolute Gasteiger partial charge is 0.338 e. The van der Waals surface area contributed by atoms with Gasteiger partial charge >= 0.3 is 0 Å². The van der Waals surface area contributed by atoms with E-state index >= 15 is 0 Å². The molecule has 31 heavy (non-hydrogen) atoms. The van der Waals surface area contributed by atoms with Crippen LogP contribution in [0.2, 0.25) is 0 Å². The smallest absolute Gasteiger partial charge is 0.246 e. The molecule has 1 amide bonds. The standard InChI is InChI=1S/C23H27N7O/c1-16-6-4-8-21(25-16)28-22-12-20(26-17(2)27-22)19-7-5-11-30(15-19)23(31)10-9-18-13-24-29(3)14-18/h4,6,8-10,12-14,19H,5,7,11,15H2,1-3H3,(H,25,26,27,28)/b10-9+/t19-/m1/s1. The lowest BCUT2D eigenvalue weighted by Crippen LogP contribution is -2.38. The Kier molecular flexibility index (Phi) is 6.06. The molecule has 1 aliphatic heterocycles. The fourth-order valence-electron chi connectivity index (χ4n) is 3.83. The molecule has 1 N–H and O–H groups in total. The summed E-state index contributed by atoms with van der Waals surface area (Å²) in [6, 6.07) is 7.81. The normalized spacial score (nSPS) is 16.6. The Morgan fingerprint density at radius 1 is 1.19 bits per heavy atom. The molecule has 0 radical (unpaired) electrons. The molecule has 0 spiro atoms. The maximum Gasteiger partial charge on any atom is 0.246 e. The predicted molar refractivity (Wildman–Crippen MR) is 120 cm³/mol. The van der Waals surface area contributed by atoms with Gasteiger partial charge in [0.2, 0.25) is 5.91 Å². The van der Waals surface area contributed by atoms with Crippen molar-refractivity contribution in [1.82, 2.24) is 29.6 Å². The molecule has 1 aliphatic rings. The van der Waals surface area contributed by atoms with Crippen LogP contribution >= 0.6 is 0 Å². The van der Waals surface area contributed by atoms with Gasteiger partial charge in [0.05, 0.1) is 11.9 Å². The van der Waals surface area contributed by atoms with Gasteiger partial charge in [-0.3, -0.25) is 9.48 Å². The van der Waals surface area contributed by atoms with Gasteiger partial charge in [0.15, 0.2) is 0 Å². The fourth-order valence-corrected chi connectivity index (χ4v) is 3.83. The van der Waals surface area contributed by atoms with Crippen LogP contribution in [-0.4, -0.2) is 48.6 Å². The number of nitrogens with one attached hydrogen (secondary N) is 1. The summed E-state index contributed by atoms with van der Waals surface area (Å²) < 4.78 is 1.72. The molecular formula is C23H27N7O. The lowest BCUT2D eigenvalue weighted by atomic mass is 9.94. The van der Waals surface area contributed by atoms with E-state index in [0.29, 0.717) is 12.4 Å². The average Bonchev–Trinajstić information content (AvgIpc) is 3.17. The first kappa shape index (κ1) is 20.7. The minimum atomic E-state index is 0.0154. The zero-order chi connectivity index (χ0) is 21.8. The van der Waals surface area contributed by atoms with E-state index in [1.54, 1.807) is 17.0 Å². The number of hydrogen-bond acceptors (Lipinski definition) is 6. The molecular weight excluding hydrogens is 390 g/mol. The summed E-state index contributed by atoms with van der Waals surface area (Å²) >= 11 is 0. The van der Waals surface area contributed by atoms with E-state index in [4.69, 9.17) is 0 Å². The lowest BCUT2D eigenvalue weighted by Gasteiger charge is -2.32. The maximum absolute atomic E-state index is 12.7. The molecule has 160 valence electrons. The van der Waals surface area contributed by atoms with Crippen molar-refractivity contribution < 1.29 is 4.79 Å². The summed E-state index contributed by atoms with van der Waals surface area (Å²) in [6.45, 7) is 5.25. The molecule has 1 atom stereocenters. The number of amides is 1. The van der Waals surface area contributed by atoms with Crippen LogP contribution in [0.5, 0.6) is 0 Å². The van der Waals surface area contributed by atoms with Crippen molar-refractivity contribution in [2.45, 2.75) is 32.6 Å². The third kappa shape index (κ3) is 5.33. The molecule has 4 heterocycles. The molecule has 0 aliphatic carbocycles. The van der Waals surface area contributed by atoms with E-state index in [9.17, 15) is 4.79 Å². The summed E-state index contributed by atoms with van der Waals surface area (Å²) in [5.41, 5.74) is 2.81. The highest BCUT2D eigenvalue weighted by Crippen LogP contribution is 2.28. The van der Waals surface area contributed by atoms with Gasteiger partial charge in [0.1, 0.15) is 17.5 Å². The quantitative estimate of drug-likeness (QED) is 0.640. The second-order valence-electron chi connectivity index (χ2n) is 7.92. The van der Waals surface area contributed by atoms with Gasteiger partial charge in [0.25, 0.3) is 0 Å². The number of piperidine rings is 1. The zero-order valence-electron chi connectivity index (χ0n) is 18.1. The van der Waals surface area contributed by atoms with Crippen molar-refractivity contribution in [3.63, 3.8) is 0 Å². The summed E-state index contributed by atoms with van der Waals surface area (Å²) in [7, 11) is 1.86. The Bertz CT molecular complexity index is 1100. The van der Waals surface area contributed by atoms with Crippen LogP contribution in [0.1, 0.15) is 41.5 Å². The van der Waals surface area contributed by atoms with E-state index in [0.717, 1.165) is 48.0 Å². The molecule has 8 nitrogen and oxygen atoms in total. The van der Waals surface area contributed by atoms with Crippen LogP contribution in [0, 0.1) is 13.8 Å². The molecule has 4 rings (SSSR count). The Hall–Kier alpha value is -3.55. The van der Waals surface area contributed by atoms with Crippen LogP contribution < -0.4 is 5.32 Å². The number of rotatable bonds is 5. The third-order valence-electron chi connectivity index (χ3n) is 5.30. The molecule has 3 aromatic rings. The molecule has 1 saturated heterocycles. The van der Waals surface area contributed by atoms with Crippen molar-refractivity contribution in [2.75, 3.05) is 18.4 Å². The highest BCUT2D eigenvalue weighted by atomic mass is 16.2. The fraction of sp³-hybridized carbons (Fsp3) is 0.348. The number of hydrogen-bond donors (Lipinski definition) is 1. The van der Waals surface area contributed by atoms with Crippen LogP contribution in [0.3, 0.4) is 0 Å². The van der Waals surface area contributed by atoms with Crippen LogP contribution in [0.4, 0.5) is 11.6 Å². The van der Waals surface area contributed by atoms with Gasteiger partial charge in [-0.1, -0.05) is 6.07 Å². The molecule has 8 heteroatoms. The average molecular weight is 418 g/mol. The van der Waals surface area contributed by atoms with Gasteiger partial charge in [0, 0.05) is 55.7 Å². The third-order valence-corrected chi connectivity index (χ3v) is 5.30. The number of anilines is 2. The number of nitrogens with zero attached hydrogens (tertiary/aromatic N) is 6. The first-order valence-electron chi connectivity index (χ1n) is 10.5. The van der Waals surface area contributed by atoms with Crippen molar-refractivity contribution in [3.8, 4) is 0 Å². The number of aryl methyl sites for hydroxylation is 3. The van der Waals surface area contributed by atoms with Crippen LogP contribution in [0.25, 0.3) is 6.08 Å². The predicted octanol–water partition coefficient (Wildman–Crippen LogP) is 3.38. The highest BCUT2D eigenvalue weighted by molar-refractivity contribution is 5.91. The number of aromatic nitrogens is 5. The summed E-state index contributed by atoms with van der Waals surface area (Å²) in [4.78, 5) is 28.3. The van der Waals surface area contributed by atoms with Crippen LogP contribution in [0.15, 0.2) is 42.7 Å². The first-order chi connectivity index (χ1) is 15.0. The lowest BCUT2D eigenvalue weighted by molar-refractivity contribution is -0.127. The zero-order valence-corrected chi connectivity index (χ0v) is 18.1. The van der Waals surface area contributed by atoms with Gasteiger partial charge in [-0.05, 0) is 44.9 Å². The summed E-state index contributed by atoms with van der Waals surface area (Å²) in [6.07, 6.45) is 9.00. The van der Waals surface area contributed by atoms with E-state index in [2.05, 4.69) is 25.4 Å². The molecule has 3 aromatic heterocycles. The number of carbonyl (C=O) groups excluding carboxylic acids is 1. The number of carbonyl (C=O) groups is 1. The topological polar surface area (TPSA) is 88.8 Å². The Balaban J connectivity index is 1.46. The second kappa shape index (κ2) is 9.07. The number of likely N-dealkylation sites (tertiary alicyclic amines) is 1. The minimum absolute atomic E-state index is 0.0154. The Morgan fingerprint density at radius 3 is 2.84 bits per heavy atom. The van der Waals surface area contributed by atoms with Gasteiger partial charge in [-0.15, -0.1) is 0 Å². The second-order valence-corrected chi connectivity index (χ2v) is 7.92. The summed E-state index contributed by atoms with van der Waals surface area (Å²) in [5.74, 6) is 2.37. The van der Waals surface area contributed by atoms with E-state index in [1.165, 1.54) is 0 Å². The molecule has 0 aromatic carbocycles. The van der Waals surface area contributed by atoms with Crippen molar-refractivity contribution in [3.05, 3.63) is 65.5 Å². The van der Waals surface area contributed by atoms with Crippen molar-refractivity contribution in [2.24, 2.45) is 7.05 Å². The van der Waals surface area contributed by atoms with E-state index in [-0.39, 0.29) is 11.8 Å². The van der Waals surface area contributed by atoms with Crippen molar-refractivity contribution in [1.29, 1.82) is 0 Å². The molecule has 0 saturated carbocycles. The van der Waals surface area contributed by atoms with Gasteiger partial charge in [-0.25, -0.2) is 15.0 Å². The monoisotopic (exact) mass is 417 g/mol. The SMILES string of the molecule is Cc1cccc(Nc2cc([C@@H]3CCCN(C(=O)/C=C/c4cnn(C)c4)C3)nc(C)n2)n1. The van der Waals surface area contributed by atoms with E-state index < -0.39 is 0 Å². The molecule has 0 unspecified atom stereocenters. The first-order valence-corrected chi connectivity index (χ1v) is 10.5. The van der Waals surface area contributed by atoms with Crippen LogP contribution in [-0.2, 0) is 11.8 Å². The molecule has 1 fully saturated rings. The van der Waals surface area contributed by atoms with E-state index in [1.807, 2.05) is 62.3 Å². The summed E-state index contributed by atoms with van der Waals surface area (Å²) in [5, 5.41) is 7.40. The number of pyridine rings is 1. The Morgan fingerprint density at radius 2 is 2.06 bits per heavy atom. The van der Waals surface area contributed by atoms with Crippen molar-refractivity contribution >= 4 is 23.6 Å².